The van der Waals surface area contributed by atoms with Crippen LogP contribution in [0.5, 0.6) is 0 Å². The van der Waals surface area contributed by atoms with Crippen molar-refractivity contribution in [2.75, 3.05) is 26.2 Å². The minimum absolute atomic E-state index is 0.0344. The van der Waals surface area contributed by atoms with Gasteiger partial charge in [0.15, 0.2) is 0 Å². The van der Waals surface area contributed by atoms with Crippen molar-refractivity contribution in [3.8, 4) is 0 Å². The van der Waals surface area contributed by atoms with Crippen molar-refractivity contribution in [1.29, 1.82) is 0 Å². The molecule has 1 aromatic heterocycles. The number of carbonyl (C=O) groups is 2. The zero-order chi connectivity index (χ0) is 15.4. The summed E-state index contributed by atoms with van der Waals surface area (Å²) in [5, 5.41) is 0. The summed E-state index contributed by atoms with van der Waals surface area (Å²) < 4.78 is 0. The van der Waals surface area contributed by atoms with Crippen LogP contribution in [-0.2, 0) is 4.79 Å². The number of aromatic nitrogens is 1. The molecular formula is C17H23N3O2. The number of amides is 2. The molecule has 0 spiro atoms. The number of nitrogens with zero attached hydrogens (tertiary/aromatic N) is 3. The van der Waals surface area contributed by atoms with Gasteiger partial charge in [-0.3, -0.25) is 14.6 Å². The molecule has 1 aliphatic carbocycles. The van der Waals surface area contributed by atoms with Gasteiger partial charge in [-0.1, -0.05) is 19.3 Å². The van der Waals surface area contributed by atoms with Gasteiger partial charge in [-0.15, -0.1) is 0 Å². The Morgan fingerprint density at radius 1 is 0.909 bits per heavy atom. The number of pyridine rings is 1. The van der Waals surface area contributed by atoms with Crippen LogP contribution in [0.3, 0.4) is 0 Å². The van der Waals surface area contributed by atoms with E-state index in [9.17, 15) is 9.59 Å². The van der Waals surface area contributed by atoms with Crippen molar-refractivity contribution < 1.29 is 9.59 Å². The fraction of sp³-hybridized carbons (Fsp3) is 0.588. The van der Waals surface area contributed by atoms with Gasteiger partial charge in [-0.2, -0.15) is 0 Å². The molecule has 0 unspecified atom stereocenters. The molecule has 0 radical (unpaired) electrons. The molecule has 2 aliphatic rings. The standard InChI is InChI=1S/C17H23N3O2/c21-16(14-4-2-1-3-5-14)19-10-12-20(13-11-19)17(22)15-6-8-18-9-7-15/h6-9,14H,1-5,10-13H2. The Labute approximate surface area is 131 Å². The zero-order valence-corrected chi connectivity index (χ0v) is 12.9. The Balaban J connectivity index is 1.54. The maximum Gasteiger partial charge on any atom is 0.254 e. The Morgan fingerprint density at radius 3 is 2.14 bits per heavy atom. The second-order valence-electron chi connectivity index (χ2n) is 6.19. The normalized spacial score (nSPS) is 20.0. The molecule has 0 atom stereocenters. The molecule has 22 heavy (non-hydrogen) atoms. The van der Waals surface area contributed by atoms with E-state index in [0.29, 0.717) is 37.6 Å². The molecule has 3 rings (SSSR count). The van der Waals surface area contributed by atoms with Gasteiger partial charge in [0, 0.05) is 50.1 Å². The summed E-state index contributed by atoms with van der Waals surface area (Å²) in [6, 6.07) is 3.48. The predicted octanol–water partition coefficient (Wildman–Crippen LogP) is 1.95. The molecule has 2 amide bonds. The molecule has 1 aromatic rings. The molecule has 1 saturated heterocycles. The Hall–Kier alpha value is -1.91. The van der Waals surface area contributed by atoms with Gasteiger partial charge in [0.1, 0.15) is 0 Å². The average Bonchev–Trinajstić information content (AvgIpc) is 2.62. The molecule has 0 bridgehead atoms. The molecule has 1 aliphatic heterocycles. The van der Waals surface area contributed by atoms with Crippen LogP contribution < -0.4 is 0 Å². The highest BCUT2D eigenvalue weighted by atomic mass is 16.2. The van der Waals surface area contributed by atoms with E-state index in [0.717, 1.165) is 12.8 Å². The molecule has 1 saturated carbocycles. The topological polar surface area (TPSA) is 53.5 Å². The highest BCUT2D eigenvalue weighted by molar-refractivity contribution is 5.94. The van der Waals surface area contributed by atoms with Crippen LogP contribution in [-0.4, -0.2) is 52.8 Å². The van der Waals surface area contributed by atoms with E-state index in [1.54, 1.807) is 24.5 Å². The maximum absolute atomic E-state index is 12.5. The lowest BCUT2D eigenvalue weighted by molar-refractivity contribution is -0.138. The molecule has 2 fully saturated rings. The first-order chi connectivity index (χ1) is 10.8. The fourth-order valence-electron chi connectivity index (χ4n) is 3.41. The van der Waals surface area contributed by atoms with Crippen LogP contribution in [0.2, 0.25) is 0 Å². The predicted molar refractivity (Wildman–Crippen MR) is 83.3 cm³/mol. The van der Waals surface area contributed by atoms with Crippen LogP contribution in [0.15, 0.2) is 24.5 Å². The number of carbonyl (C=O) groups excluding carboxylic acids is 2. The van der Waals surface area contributed by atoms with Crippen molar-refractivity contribution in [2.24, 2.45) is 5.92 Å². The van der Waals surface area contributed by atoms with Gasteiger partial charge in [-0.05, 0) is 25.0 Å². The Morgan fingerprint density at radius 2 is 1.50 bits per heavy atom. The van der Waals surface area contributed by atoms with Crippen molar-refractivity contribution in [2.45, 2.75) is 32.1 Å². The molecule has 2 heterocycles. The lowest BCUT2D eigenvalue weighted by atomic mass is 9.88. The van der Waals surface area contributed by atoms with Crippen LogP contribution in [0.25, 0.3) is 0 Å². The smallest absolute Gasteiger partial charge is 0.254 e. The van der Waals surface area contributed by atoms with E-state index in [2.05, 4.69) is 4.98 Å². The summed E-state index contributed by atoms with van der Waals surface area (Å²) in [5.41, 5.74) is 0.669. The molecule has 118 valence electrons. The minimum Gasteiger partial charge on any atom is -0.339 e. The average molecular weight is 301 g/mol. The lowest BCUT2D eigenvalue weighted by Crippen LogP contribution is -2.52. The molecule has 0 N–H and O–H groups in total. The summed E-state index contributed by atoms with van der Waals surface area (Å²) >= 11 is 0. The molecule has 5 heteroatoms. The quantitative estimate of drug-likeness (QED) is 0.839. The second kappa shape index (κ2) is 6.90. The fourth-order valence-corrected chi connectivity index (χ4v) is 3.41. The molecular weight excluding hydrogens is 278 g/mol. The highest BCUT2D eigenvalue weighted by Crippen LogP contribution is 2.25. The van der Waals surface area contributed by atoms with E-state index >= 15 is 0 Å². The number of piperazine rings is 1. The van der Waals surface area contributed by atoms with Crippen LogP contribution in [0.4, 0.5) is 0 Å². The monoisotopic (exact) mass is 301 g/mol. The van der Waals surface area contributed by atoms with Crippen LogP contribution in [0.1, 0.15) is 42.5 Å². The van der Waals surface area contributed by atoms with Crippen molar-refractivity contribution >= 4 is 11.8 Å². The van der Waals surface area contributed by atoms with Gasteiger partial charge in [0.2, 0.25) is 5.91 Å². The van der Waals surface area contributed by atoms with Crippen LogP contribution in [0, 0.1) is 5.92 Å². The number of hydrogen-bond donors (Lipinski definition) is 0. The van der Waals surface area contributed by atoms with E-state index < -0.39 is 0 Å². The van der Waals surface area contributed by atoms with Crippen molar-refractivity contribution in [3.63, 3.8) is 0 Å². The van der Waals surface area contributed by atoms with Gasteiger partial charge in [-0.25, -0.2) is 0 Å². The first-order valence-electron chi connectivity index (χ1n) is 8.24. The molecule has 0 aromatic carbocycles. The SMILES string of the molecule is O=C(c1ccncc1)N1CCN(C(=O)C2CCCCC2)CC1. The summed E-state index contributed by atoms with van der Waals surface area (Å²) in [7, 11) is 0. The van der Waals surface area contributed by atoms with Gasteiger partial charge < -0.3 is 9.80 Å². The third-order valence-corrected chi connectivity index (χ3v) is 4.76. The number of rotatable bonds is 2. The summed E-state index contributed by atoms with van der Waals surface area (Å²) in [4.78, 5) is 32.6. The second-order valence-corrected chi connectivity index (χ2v) is 6.19. The van der Waals surface area contributed by atoms with E-state index in [1.165, 1.54) is 19.3 Å². The van der Waals surface area contributed by atoms with E-state index in [1.807, 2.05) is 9.80 Å². The third kappa shape index (κ3) is 3.29. The Kier molecular flexibility index (Phi) is 4.71. The van der Waals surface area contributed by atoms with E-state index in [4.69, 9.17) is 0 Å². The van der Waals surface area contributed by atoms with Gasteiger partial charge in [0.05, 0.1) is 0 Å². The largest absolute Gasteiger partial charge is 0.339 e. The Bertz CT molecular complexity index is 518. The maximum atomic E-state index is 12.5. The van der Waals surface area contributed by atoms with Crippen molar-refractivity contribution in [1.82, 2.24) is 14.8 Å². The third-order valence-electron chi connectivity index (χ3n) is 4.76. The van der Waals surface area contributed by atoms with E-state index in [-0.39, 0.29) is 11.8 Å². The molecule has 5 nitrogen and oxygen atoms in total. The lowest BCUT2D eigenvalue weighted by Gasteiger charge is -2.37. The summed E-state index contributed by atoms with van der Waals surface area (Å²) in [6.07, 6.45) is 8.96. The van der Waals surface area contributed by atoms with Gasteiger partial charge in [0.25, 0.3) is 5.91 Å². The number of hydrogen-bond acceptors (Lipinski definition) is 3. The highest BCUT2D eigenvalue weighted by Gasteiger charge is 2.29. The minimum atomic E-state index is 0.0344. The van der Waals surface area contributed by atoms with Gasteiger partial charge >= 0.3 is 0 Å². The summed E-state index contributed by atoms with van der Waals surface area (Å²) in [6.45, 7) is 2.57. The van der Waals surface area contributed by atoms with Crippen LogP contribution >= 0.6 is 0 Å². The van der Waals surface area contributed by atoms with Crippen molar-refractivity contribution in [3.05, 3.63) is 30.1 Å². The zero-order valence-electron chi connectivity index (χ0n) is 12.9. The first kappa shape index (κ1) is 15.0. The summed E-state index contributed by atoms with van der Waals surface area (Å²) in [5.74, 6) is 0.555. The first-order valence-corrected chi connectivity index (χ1v) is 8.24.